The number of methoxy groups -OCH3 is 1. The van der Waals surface area contributed by atoms with Crippen LogP contribution in [0.5, 0.6) is 5.75 Å². The zero-order valence-electron chi connectivity index (χ0n) is 15.9. The second-order valence-electron chi connectivity index (χ2n) is 6.85. The first-order chi connectivity index (χ1) is 12.8. The van der Waals surface area contributed by atoms with E-state index >= 15 is 0 Å². The molecule has 9 nitrogen and oxygen atoms in total. The Labute approximate surface area is 158 Å². The van der Waals surface area contributed by atoms with Gasteiger partial charge in [-0.3, -0.25) is 15.1 Å². The molecule has 0 saturated heterocycles. The molecule has 0 aliphatic carbocycles. The van der Waals surface area contributed by atoms with Crippen molar-refractivity contribution in [2.45, 2.75) is 0 Å². The number of likely N-dealkylation sites (N-methyl/N-ethyl adjacent to an activating group) is 1. The molecule has 1 aromatic heterocycles. The van der Waals surface area contributed by atoms with Gasteiger partial charge in [-0.1, -0.05) is 0 Å². The van der Waals surface area contributed by atoms with Crippen LogP contribution >= 0.6 is 0 Å². The number of benzene rings is 1. The largest absolute Gasteiger partial charge is 0.495 e. The fraction of sp³-hybridized carbons (Fsp3) is 0.333. The predicted octanol–water partition coefficient (Wildman–Crippen LogP) is 1.57. The summed E-state index contributed by atoms with van der Waals surface area (Å²) < 4.78 is 6.05. The van der Waals surface area contributed by atoms with Crippen LogP contribution in [0.1, 0.15) is 10.4 Å². The van der Waals surface area contributed by atoms with Crippen LogP contribution in [0.25, 0.3) is 0 Å². The molecular weight excluding hydrogens is 348 g/mol. The van der Waals surface area contributed by atoms with Crippen molar-refractivity contribution in [3.05, 3.63) is 42.4 Å². The number of hydrogen-bond acceptors (Lipinski definition) is 5. The van der Waals surface area contributed by atoms with Gasteiger partial charge in [0.05, 0.1) is 53.2 Å². The molecule has 27 heavy (non-hydrogen) atoms. The van der Waals surface area contributed by atoms with Crippen molar-refractivity contribution >= 4 is 23.4 Å². The molecule has 2 rings (SSSR count). The monoisotopic (exact) mass is 373 g/mol. The highest BCUT2D eigenvalue weighted by Crippen LogP contribution is 2.25. The highest BCUT2D eigenvalue weighted by molar-refractivity contribution is 6.01. The lowest BCUT2D eigenvalue weighted by Gasteiger charge is -2.23. The fourth-order valence-electron chi connectivity index (χ4n) is 2.18. The van der Waals surface area contributed by atoms with Crippen molar-refractivity contribution in [2.75, 3.05) is 52.0 Å². The summed E-state index contributed by atoms with van der Waals surface area (Å²) in [7, 11) is 7.64. The Bertz CT molecular complexity index is 789. The van der Waals surface area contributed by atoms with Gasteiger partial charge in [0.2, 0.25) is 0 Å². The molecule has 0 aliphatic rings. The summed E-state index contributed by atoms with van der Waals surface area (Å²) in [6, 6.07) is 4.33. The summed E-state index contributed by atoms with van der Waals surface area (Å²) in [6.45, 7) is 1.37. The van der Waals surface area contributed by atoms with Gasteiger partial charge in [0.1, 0.15) is 5.75 Å². The van der Waals surface area contributed by atoms with Gasteiger partial charge < -0.3 is 19.9 Å². The number of aromatic nitrogens is 2. The second-order valence-corrected chi connectivity index (χ2v) is 6.85. The van der Waals surface area contributed by atoms with Crippen LogP contribution in [0.2, 0.25) is 0 Å². The number of amides is 3. The highest BCUT2D eigenvalue weighted by atomic mass is 16.5. The van der Waals surface area contributed by atoms with E-state index in [1.54, 1.807) is 18.2 Å². The van der Waals surface area contributed by atoms with Gasteiger partial charge in [0.15, 0.2) is 5.82 Å². The van der Waals surface area contributed by atoms with Gasteiger partial charge in [-0.15, -0.1) is 0 Å². The number of urea groups is 1. The van der Waals surface area contributed by atoms with Gasteiger partial charge in [-0.25, -0.2) is 9.78 Å². The van der Waals surface area contributed by atoms with Crippen molar-refractivity contribution in [3.63, 3.8) is 0 Å². The van der Waals surface area contributed by atoms with Crippen molar-refractivity contribution in [1.82, 2.24) is 15.3 Å². The third-order valence-corrected chi connectivity index (χ3v) is 3.58. The lowest BCUT2D eigenvalue weighted by molar-refractivity contribution is -0.869. The van der Waals surface area contributed by atoms with Gasteiger partial charge in [0.25, 0.3) is 5.91 Å². The van der Waals surface area contributed by atoms with E-state index in [0.29, 0.717) is 29.4 Å². The summed E-state index contributed by atoms with van der Waals surface area (Å²) in [5, 5.41) is 8.10. The number of nitrogens with one attached hydrogen (secondary N) is 3. The number of ether oxygens (including phenoxy) is 1. The molecule has 3 N–H and O–H groups in total. The van der Waals surface area contributed by atoms with Gasteiger partial charge in [0, 0.05) is 18.0 Å². The maximum atomic E-state index is 12.3. The summed E-state index contributed by atoms with van der Waals surface area (Å²) in [5.74, 6) is 0.503. The molecule has 3 amide bonds. The molecule has 144 valence electrons. The molecule has 0 radical (unpaired) electrons. The highest BCUT2D eigenvalue weighted by Gasteiger charge is 2.14. The number of anilines is 2. The van der Waals surface area contributed by atoms with E-state index in [1.165, 1.54) is 25.7 Å². The molecule has 9 heteroatoms. The van der Waals surface area contributed by atoms with Crippen molar-refractivity contribution < 1.29 is 18.8 Å². The van der Waals surface area contributed by atoms with Gasteiger partial charge >= 0.3 is 6.03 Å². The predicted molar refractivity (Wildman–Crippen MR) is 103 cm³/mol. The van der Waals surface area contributed by atoms with E-state index in [-0.39, 0.29) is 5.91 Å². The lowest BCUT2D eigenvalue weighted by atomic mass is 10.1. The maximum Gasteiger partial charge on any atom is 0.324 e. The number of quaternary nitrogens is 1. The minimum absolute atomic E-state index is 0.197. The topological polar surface area (TPSA) is 105 Å². The molecular formula is C18H25N6O3+. The van der Waals surface area contributed by atoms with Crippen molar-refractivity contribution in [1.29, 1.82) is 0 Å². The third kappa shape index (κ3) is 6.55. The van der Waals surface area contributed by atoms with Gasteiger partial charge in [-0.2, -0.15) is 0 Å². The second kappa shape index (κ2) is 8.95. The average Bonchev–Trinajstić information content (AvgIpc) is 2.61. The summed E-state index contributed by atoms with van der Waals surface area (Å²) in [4.78, 5) is 32.2. The molecule has 2 aromatic rings. The molecule has 0 atom stereocenters. The smallest absolute Gasteiger partial charge is 0.324 e. The van der Waals surface area contributed by atoms with Crippen LogP contribution < -0.4 is 20.7 Å². The number of carbonyl (C=O) groups excluding carboxylic acids is 2. The Hall–Kier alpha value is -3.20. The first-order valence-corrected chi connectivity index (χ1v) is 8.39. The van der Waals surface area contributed by atoms with Crippen molar-refractivity contribution in [2.24, 2.45) is 0 Å². The van der Waals surface area contributed by atoms with Crippen LogP contribution in [-0.4, -0.2) is 67.7 Å². The molecule has 0 fully saturated rings. The first kappa shape index (κ1) is 20.1. The Kier molecular flexibility index (Phi) is 6.67. The Morgan fingerprint density at radius 2 is 1.93 bits per heavy atom. The van der Waals surface area contributed by atoms with Crippen LogP contribution in [0.4, 0.5) is 16.3 Å². The summed E-state index contributed by atoms with van der Waals surface area (Å²) in [6.07, 6.45) is 4.42. The molecule has 0 saturated carbocycles. The minimum atomic E-state index is -0.492. The third-order valence-electron chi connectivity index (χ3n) is 3.58. The number of carbonyl (C=O) groups is 2. The van der Waals surface area contributed by atoms with Crippen molar-refractivity contribution in [3.8, 4) is 5.75 Å². The zero-order valence-corrected chi connectivity index (χ0v) is 15.9. The van der Waals surface area contributed by atoms with E-state index in [2.05, 4.69) is 47.1 Å². The lowest BCUT2D eigenvalue weighted by Crippen LogP contribution is -2.41. The minimum Gasteiger partial charge on any atom is -0.495 e. The Morgan fingerprint density at radius 1 is 1.15 bits per heavy atom. The van der Waals surface area contributed by atoms with Crippen LogP contribution in [-0.2, 0) is 0 Å². The van der Waals surface area contributed by atoms with Gasteiger partial charge in [-0.05, 0) is 18.2 Å². The number of rotatable bonds is 7. The maximum absolute atomic E-state index is 12.3. The molecule has 1 heterocycles. The van der Waals surface area contributed by atoms with E-state index in [1.807, 2.05) is 0 Å². The number of nitrogens with zero attached hydrogens (tertiary/aromatic N) is 3. The van der Waals surface area contributed by atoms with E-state index in [4.69, 9.17) is 4.74 Å². The van der Waals surface area contributed by atoms with E-state index in [0.717, 1.165) is 11.0 Å². The molecule has 0 spiro atoms. The van der Waals surface area contributed by atoms with E-state index < -0.39 is 6.03 Å². The standard InChI is InChI=1S/C18H24N6O3/c1-24(2,3)10-9-21-17(25)13-5-6-14(15(11-13)27-4)22-18(26)23-16-12-19-7-8-20-16/h5-8,11-12H,9-10H2,1-4H3,(H2-,20,21,22,23,25,26)/p+1. The number of hydrogen-bond donors (Lipinski definition) is 3. The van der Waals surface area contributed by atoms with Crippen LogP contribution in [0.15, 0.2) is 36.8 Å². The fourth-order valence-corrected chi connectivity index (χ4v) is 2.18. The molecule has 0 unspecified atom stereocenters. The Balaban J connectivity index is 2.00. The SMILES string of the molecule is COc1cc(C(=O)NCC[N+](C)(C)C)ccc1NC(=O)Nc1cnccn1. The quantitative estimate of drug-likeness (QED) is 0.639. The molecule has 0 aliphatic heterocycles. The summed E-state index contributed by atoms with van der Waals surface area (Å²) >= 11 is 0. The normalized spacial score (nSPS) is 10.8. The van der Waals surface area contributed by atoms with E-state index in [9.17, 15) is 9.59 Å². The first-order valence-electron chi connectivity index (χ1n) is 8.39. The van der Waals surface area contributed by atoms with Crippen LogP contribution in [0, 0.1) is 0 Å². The van der Waals surface area contributed by atoms with Crippen LogP contribution in [0.3, 0.4) is 0 Å². The summed E-state index contributed by atoms with van der Waals surface area (Å²) in [5.41, 5.74) is 0.884. The molecule has 1 aromatic carbocycles. The molecule has 0 bridgehead atoms. The zero-order chi connectivity index (χ0) is 19.9. The average molecular weight is 373 g/mol. The Morgan fingerprint density at radius 3 is 2.56 bits per heavy atom.